The van der Waals surface area contributed by atoms with Crippen LogP contribution in [0.15, 0.2) is 30.9 Å². The molecule has 0 spiro atoms. The number of hydrogen-bond acceptors (Lipinski definition) is 2. The van der Waals surface area contributed by atoms with Crippen molar-refractivity contribution in [3.05, 3.63) is 42.0 Å². The van der Waals surface area contributed by atoms with Gasteiger partial charge in [0.05, 0.1) is 11.1 Å². The summed E-state index contributed by atoms with van der Waals surface area (Å²) in [7, 11) is 0. The number of benzene rings is 1. The summed E-state index contributed by atoms with van der Waals surface area (Å²) in [4.78, 5) is 10.8. The van der Waals surface area contributed by atoms with Gasteiger partial charge in [0, 0.05) is 12.2 Å². The van der Waals surface area contributed by atoms with Crippen LogP contribution in [-0.2, 0) is 6.18 Å². The number of anilines is 1. The van der Waals surface area contributed by atoms with Crippen LogP contribution < -0.4 is 5.32 Å². The Kier molecular flexibility index (Phi) is 4.36. The Labute approximate surface area is 102 Å². The zero-order valence-electron chi connectivity index (χ0n) is 9.42. The molecule has 0 radical (unpaired) electrons. The zero-order chi connectivity index (χ0) is 13.8. The molecule has 6 heteroatoms. The van der Waals surface area contributed by atoms with Crippen LogP contribution in [0.1, 0.15) is 22.3 Å². The topological polar surface area (TPSA) is 49.3 Å². The molecular formula is C12H12F3NO2. The number of hydrogen-bond donors (Lipinski definition) is 2. The lowest BCUT2D eigenvalue weighted by atomic mass is 10.1. The van der Waals surface area contributed by atoms with Crippen LogP contribution in [0.2, 0.25) is 0 Å². The molecule has 0 fully saturated rings. The fraction of sp³-hybridized carbons (Fsp3) is 0.250. The van der Waals surface area contributed by atoms with Gasteiger partial charge in [-0.25, -0.2) is 4.79 Å². The molecule has 0 aliphatic carbocycles. The van der Waals surface area contributed by atoms with E-state index in [1.165, 1.54) is 6.07 Å². The highest BCUT2D eigenvalue weighted by atomic mass is 19.4. The van der Waals surface area contributed by atoms with Crippen LogP contribution in [-0.4, -0.2) is 17.6 Å². The fourth-order valence-electron chi connectivity index (χ4n) is 1.40. The monoisotopic (exact) mass is 259 g/mol. The highest BCUT2D eigenvalue weighted by Crippen LogP contribution is 2.33. The minimum absolute atomic E-state index is 0.335. The number of rotatable bonds is 5. The molecular weight excluding hydrogens is 247 g/mol. The van der Waals surface area contributed by atoms with Crippen molar-refractivity contribution in [2.45, 2.75) is 12.6 Å². The second-order valence-corrected chi connectivity index (χ2v) is 3.57. The standard InChI is InChI=1S/C12H12F3NO2/c1-2-3-6-16-8-4-5-10(12(13,14)15)9(7-8)11(17)18/h2,4-5,7,16H,1,3,6H2,(H,17,18). The molecule has 0 heterocycles. The normalized spacial score (nSPS) is 11.1. The van der Waals surface area contributed by atoms with E-state index in [-0.39, 0.29) is 0 Å². The molecule has 0 amide bonds. The van der Waals surface area contributed by atoms with Gasteiger partial charge in [0.1, 0.15) is 0 Å². The SMILES string of the molecule is C=CCCNc1ccc(C(F)(F)F)c(C(=O)O)c1. The summed E-state index contributed by atoms with van der Waals surface area (Å²) in [6, 6.07) is 2.95. The summed E-state index contributed by atoms with van der Waals surface area (Å²) in [6.07, 6.45) is -2.40. The van der Waals surface area contributed by atoms with Gasteiger partial charge in [-0.1, -0.05) is 6.08 Å². The molecule has 0 aliphatic rings. The average molecular weight is 259 g/mol. The van der Waals surface area contributed by atoms with Crippen molar-refractivity contribution in [3.63, 3.8) is 0 Å². The van der Waals surface area contributed by atoms with Crippen molar-refractivity contribution in [3.8, 4) is 0 Å². The third kappa shape index (κ3) is 3.51. The molecule has 0 unspecified atom stereocenters. The molecule has 0 saturated carbocycles. The molecule has 0 aliphatic heterocycles. The maximum absolute atomic E-state index is 12.6. The van der Waals surface area contributed by atoms with E-state index in [9.17, 15) is 18.0 Å². The predicted molar refractivity (Wildman–Crippen MR) is 61.7 cm³/mol. The van der Waals surface area contributed by atoms with Crippen LogP contribution >= 0.6 is 0 Å². The van der Waals surface area contributed by atoms with Crippen molar-refractivity contribution in [2.75, 3.05) is 11.9 Å². The highest BCUT2D eigenvalue weighted by Gasteiger charge is 2.35. The molecule has 0 bridgehead atoms. The molecule has 0 atom stereocenters. The summed E-state index contributed by atoms with van der Waals surface area (Å²) >= 11 is 0. The molecule has 3 nitrogen and oxygen atoms in total. The molecule has 0 saturated heterocycles. The van der Waals surface area contributed by atoms with E-state index in [1.54, 1.807) is 6.08 Å². The number of alkyl halides is 3. The predicted octanol–water partition coefficient (Wildman–Crippen LogP) is 3.39. The van der Waals surface area contributed by atoms with Crippen molar-refractivity contribution < 1.29 is 23.1 Å². The van der Waals surface area contributed by atoms with Crippen molar-refractivity contribution in [1.29, 1.82) is 0 Å². The van der Waals surface area contributed by atoms with Gasteiger partial charge in [-0.3, -0.25) is 0 Å². The van der Waals surface area contributed by atoms with Crippen molar-refractivity contribution in [2.24, 2.45) is 0 Å². The summed E-state index contributed by atoms with van der Waals surface area (Å²) in [5.74, 6) is -1.60. The number of carboxylic acid groups (broad SMARTS) is 1. The molecule has 1 aromatic carbocycles. The van der Waals surface area contributed by atoms with Crippen molar-refractivity contribution in [1.82, 2.24) is 0 Å². The summed E-state index contributed by atoms with van der Waals surface area (Å²) in [5, 5.41) is 11.6. The number of nitrogens with one attached hydrogen (secondary N) is 1. The summed E-state index contributed by atoms with van der Waals surface area (Å²) in [5.41, 5.74) is -1.57. The number of carbonyl (C=O) groups is 1. The Hall–Kier alpha value is -1.98. The first-order valence-electron chi connectivity index (χ1n) is 5.15. The maximum Gasteiger partial charge on any atom is 0.417 e. The van der Waals surface area contributed by atoms with E-state index in [0.29, 0.717) is 18.7 Å². The van der Waals surface area contributed by atoms with Crippen LogP contribution in [0.3, 0.4) is 0 Å². The quantitative estimate of drug-likeness (QED) is 0.629. The van der Waals surface area contributed by atoms with Gasteiger partial charge in [-0.05, 0) is 24.6 Å². The van der Waals surface area contributed by atoms with Gasteiger partial charge in [0.2, 0.25) is 0 Å². The number of halogens is 3. The number of carboxylic acids is 1. The minimum atomic E-state index is -4.67. The summed E-state index contributed by atoms with van der Waals surface area (Å²) in [6.45, 7) is 3.98. The van der Waals surface area contributed by atoms with Gasteiger partial charge in [-0.2, -0.15) is 13.2 Å². The molecule has 0 aromatic heterocycles. The van der Waals surface area contributed by atoms with Gasteiger partial charge in [0.15, 0.2) is 0 Å². The zero-order valence-corrected chi connectivity index (χ0v) is 9.42. The molecule has 18 heavy (non-hydrogen) atoms. The van der Waals surface area contributed by atoms with E-state index in [4.69, 9.17) is 5.11 Å². The molecule has 2 N–H and O–H groups in total. The van der Waals surface area contributed by atoms with Gasteiger partial charge in [-0.15, -0.1) is 6.58 Å². The first-order chi connectivity index (χ1) is 8.36. The van der Waals surface area contributed by atoms with Gasteiger partial charge < -0.3 is 10.4 Å². The fourth-order valence-corrected chi connectivity index (χ4v) is 1.40. The summed E-state index contributed by atoms with van der Waals surface area (Å²) < 4.78 is 37.7. The third-order valence-corrected chi connectivity index (χ3v) is 2.23. The first-order valence-corrected chi connectivity index (χ1v) is 5.15. The van der Waals surface area contributed by atoms with Crippen LogP contribution in [0.4, 0.5) is 18.9 Å². The largest absolute Gasteiger partial charge is 0.478 e. The van der Waals surface area contributed by atoms with E-state index < -0.39 is 23.3 Å². The minimum Gasteiger partial charge on any atom is -0.478 e. The molecule has 1 rings (SSSR count). The smallest absolute Gasteiger partial charge is 0.417 e. The number of aromatic carboxylic acids is 1. The average Bonchev–Trinajstić information content (AvgIpc) is 2.27. The Morgan fingerprint density at radius 1 is 1.44 bits per heavy atom. The van der Waals surface area contributed by atoms with Crippen molar-refractivity contribution >= 4 is 11.7 Å². The first kappa shape index (κ1) is 14.1. The van der Waals surface area contributed by atoms with Crippen LogP contribution in [0.25, 0.3) is 0 Å². The van der Waals surface area contributed by atoms with E-state index >= 15 is 0 Å². The highest BCUT2D eigenvalue weighted by molar-refractivity contribution is 5.91. The Bertz CT molecular complexity index is 455. The molecule has 98 valence electrons. The Morgan fingerprint density at radius 2 is 2.11 bits per heavy atom. The van der Waals surface area contributed by atoms with Crippen LogP contribution in [0, 0.1) is 0 Å². The second-order valence-electron chi connectivity index (χ2n) is 3.57. The van der Waals surface area contributed by atoms with E-state index in [1.807, 2.05) is 0 Å². The lowest BCUT2D eigenvalue weighted by Crippen LogP contribution is -2.13. The molecule has 1 aromatic rings. The van der Waals surface area contributed by atoms with E-state index in [0.717, 1.165) is 12.1 Å². The van der Waals surface area contributed by atoms with Gasteiger partial charge >= 0.3 is 12.1 Å². The second kappa shape index (κ2) is 5.57. The van der Waals surface area contributed by atoms with Crippen LogP contribution in [0.5, 0.6) is 0 Å². The lowest BCUT2D eigenvalue weighted by molar-refractivity contribution is -0.138. The van der Waals surface area contributed by atoms with Gasteiger partial charge in [0.25, 0.3) is 0 Å². The maximum atomic E-state index is 12.6. The Balaban J connectivity index is 3.04. The third-order valence-electron chi connectivity index (χ3n) is 2.23. The Morgan fingerprint density at radius 3 is 2.61 bits per heavy atom. The van der Waals surface area contributed by atoms with E-state index in [2.05, 4.69) is 11.9 Å². The lowest BCUT2D eigenvalue weighted by Gasteiger charge is -2.12.